The average Bonchev–Trinajstić information content (AvgIpc) is 2.13. The Labute approximate surface area is 87.3 Å². The fraction of sp³-hybridized carbons (Fsp3) is 0.750. The van der Waals surface area contributed by atoms with Crippen LogP contribution in [0.1, 0.15) is 59.3 Å². The second kappa shape index (κ2) is 8.79. The van der Waals surface area contributed by atoms with Crippen LogP contribution in [0.2, 0.25) is 0 Å². The van der Waals surface area contributed by atoms with Crippen LogP contribution in [0.25, 0.3) is 0 Å². The molecule has 0 rings (SSSR count). The number of hydrogen-bond donors (Lipinski definition) is 0. The van der Waals surface area contributed by atoms with Crippen molar-refractivity contribution in [2.75, 3.05) is 0 Å². The second-order valence-electron chi connectivity index (χ2n) is 3.51. The lowest BCUT2D eigenvalue weighted by Gasteiger charge is -2.06. The predicted molar refractivity (Wildman–Crippen MR) is 58.9 cm³/mol. The fourth-order valence-corrected chi connectivity index (χ4v) is 1.20. The summed E-state index contributed by atoms with van der Waals surface area (Å²) in [6, 6.07) is 0. The lowest BCUT2D eigenvalue weighted by molar-refractivity contribution is -0.137. The zero-order valence-corrected chi connectivity index (χ0v) is 9.64. The number of esters is 1. The van der Waals surface area contributed by atoms with Crippen LogP contribution in [0.5, 0.6) is 0 Å². The molecule has 0 unspecified atom stereocenters. The van der Waals surface area contributed by atoms with Crippen LogP contribution < -0.4 is 0 Å². The van der Waals surface area contributed by atoms with E-state index in [0.29, 0.717) is 0 Å². The monoisotopic (exact) mass is 198 g/mol. The SMILES string of the molecule is CCCC/C=C(\CCCC)OC(C)=O. The fourth-order valence-electron chi connectivity index (χ4n) is 1.20. The third-order valence-corrected chi connectivity index (χ3v) is 1.98. The number of rotatable bonds is 7. The molecule has 2 heteroatoms. The number of allylic oxidation sites excluding steroid dienone is 2. The van der Waals surface area contributed by atoms with Gasteiger partial charge in [0.1, 0.15) is 5.76 Å². The molecule has 0 bridgehead atoms. The van der Waals surface area contributed by atoms with Gasteiger partial charge in [0.25, 0.3) is 0 Å². The van der Waals surface area contributed by atoms with Crippen LogP contribution in [0.3, 0.4) is 0 Å². The van der Waals surface area contributed by atoms with Gasteiger partial charge in [-0.25, -0.2) is 0 Å². The van der Waals surface area contributed by atoms with Gasteiger partial charge in [-0.1, -0.05) is 26.7 Å². The van der Waals surface area contributed by atoms with Crippen molar-refractivity contribution in [3.05, 3.63) is 11.8 Å². The topological polar surface area (TPSA) is 26.3 Å². The first-order valence-electron chi connectivity index (χ1n) is 5.58. The number of unbranched alkanes of at least 4 members (excludes halogenated alkanes) is 3. The van der Waals surface area contributed by atoms with Gasteiger partial charge < -0.3 is 4.74 Å². The minimum absolute atomic E-state index is 0.205. The number of hydrogen-bond acceptors (Lipinski definition) is 2. The lowest BCUT2D eigenvalue weighted by Crippen LogP contribution is -1.99. The van der Waals surface area contributed by atoms with Crippen LogP contribution >= 0.6 is 0 Å². The molecule has 0 saturated carbocycles. The van der Waals surface area contributed by atoms with Gasteiger partial charge in [0.15, 0.2) is 0 Å². The summed E-state index contributed by atoms with van der Waals surface area (Å²) in [7, 11) is 0. The van der Waals surface area contributed by atoms with Gasteiger partial charge in [-0.3, -0.25) is 4.79 Å². The van der Waals surface area contributed by atoms with Crippen molar-refractivity contribution < 1.29 is 9.53 Å². The zero-order valence-electron chi connectivity index (χ0n) is 9.64. The molecule has 0 heterocycles. The van der Waals surface area contributed by atoms with E-state index in [-0.39, 0.29) is 5.97 Å². The summed E-state index contributed by atoms with van der Waals surface area (Å²) in [6.45, 7) is 5.75. The summed E-state index contributed by atoms with van der Waals surface area (Å²) in [5.41, 5.74) is 0. The zero-order chi connectivity index (χ0) is 10.8. The Morgan fingerprint density at radius 2 is 1.86 bits per heavy atom. The minimum atomic E-state index is -0.205. The maximum atomic E-state index is 10.8. The van der Waals surface area contributed by atoms with E-state index in [9.17, 15) is 4.79 Å². The highest BCUT2D eigenvalue weighted by molar-refractivity contribution is 5.67. The second-order valence-corrected chi connectivity index (χ2v) is 3.51. The Hall–Kier alpha value is -0.790. The standard InChI is InChI=1S/C12H22O2/c1-4-6-8-10-12(9-7-5-2)14-11(3)13/h10H,4-9H2,1-3H3/b12-10+. The third kappa shape index (κ3) is 7.84. The van der Waals surface area contributed by atoms with Crippen molar-refractivity contribution in [1.29, 1.82) is 0 Å². The van der Waals surface area contributed by atoms with Crippen molar-refractivity contribution in [2.24, 2.45) is 0 Å². The average molecular weight is 198 g/mol. The first-order valence-corrected chi connectivity index (χ1v) is 5.58. The van der Waals surface area contributed by atoms with Gasteiger partial charge in [-0.15, -0.1) is 0 Å². The molecule has 82 valence electrons. The molecule has 0 amide bonds. The first kappa shape index (κ1) is 13.2. The van der Waals surface area contributed by atoms with Crippen molar-refractivity contribution in [2.45, 2.75) is 59.3 Å². The van der Waals surface area contributed by atoms with Crippen molar-refractivity contribution in [1.82, 2.24) is 0 Å². The molecular weight excluding hydrogens is 176 g/mol. The first-order chi connectivity index (χ1) is 6.70. The van der Waals surface area contributed by atoms with Crippen LogP contribution in [0.4, 0.5) is 0 Å². The molecule has 0 radical (unpaired) electrons. The maximum absolute atomic E-state index is 10.8. The maximum Gasteiger partial charge on any atom is 0.307 e. The van der Waals surface area contributed by atoms with Gasteiger partial charge in [-0.05, 0) is 25.3 Å². The van der Waals surface area contributed by atoms with E-state index >= 15 is 0 Å². The summed E-state index contributed by atoms with van der Waals surface area (Å²) < 4.78 is 5.12. The van der Waals surface area contributed by atoms with E-state index in [4.69, 9.17) is 4.74 Å². The smallest absolute Gasteiger partial charge is 0.307 e. The molecule has 0 aromatic heterocycles. The summed E-state index contributed by atoms with van der Waals surface area (Å²) in [5, 5.41) is 0. The summed E-state index contributed by atoms with van der Waals surface area (Å²) in [6.07, 6.45) is 8.52. The lowest BCUT2D eigenvalue weighted by atomic mass is 10.2. The Kier molecular flexibility index (Phi) is 8.30. The van der Waals surface area contributed by atoms with Crippen molar-refractivity contribution in [3.8, 4) is 0 Å². The van der Waals surface area contributed by atoms with Crippen LogP contribution in [-0.4, -0.2) is 5.97 Å². The van der Waals surface area contributed by atoms with Crippen molar-refractivity contribution in [3.63, 3.8) is 0 Å². The van der Waals surface area contributed by atoms with Gasteiger partial charge in [0.2, 0.25) is 0 Å². The van der Waals surface area contributed by atoms with E-state index in [1.807, 2.05) is 0 Å². The predicted octanol–water partition coefficient (Wildman–Crippen LogP) is 3.81. The van der Waals surface area contributed by atoms with Crippen LogP contribution in [0.15, 0.2) is 11.8 Å². The Bertz CT molecular complexity index is 183. The molecule has 0 aliphatic carbocycles. The van der Waals surface area contributed by atoms with Crippen molar-refractivity contribution >= 4 is 5.97 Å². The van der Waals surface area contributed by atoms with Gasteiger partial charge in [0, 0.05) is 13.3 Å². The molecule has 14 heavy (non-hydrogen) atoms. The van der Waals surface area contributed by atoms with Gasteiger partial charge >= 0.3 is 5.97 Å². The molecule has 0 aliphatic heterocycles. The van der Waals surface area contributed by atoms with Gasteiger partial charge in [-0.2, -0.15) is 0 Å². The normalized spacial score (nSPS) is 11.5. The quantitative estimate of drug-likeness (QED) is 0.353. The van der Waals surface area contributed by atoms with Crippen LogP contribution in [0, 0.1) is 0 Å². The van der Waals surface area contributed by atoms with E-state index in [0.717, 1.165) is 37.9 Å². The Morgan fingerprint density at radius 3 is 2.36 bits per heavy atom. The Balaban J connectivity index is 3.94. The summed E-state index contributed by atoms with van der Waals surface area (Å²) >= 11 is 0. The molecule has 0 saturated heterocycles. The van der Waals surface area contributed by atoms with Crippen LogP contribution in [-0.2, 0) is 9.53 Å². The minimum Gasteiger partial charge on any atom is -0.432 e. The highest BCUT2D eigenvalue weighted by atomic mass is 16.5. The molecule has 0 spiro atoms. The molecular formula is C12H22O2. The van der Waals surface area contributed by atoms with E-state index in [1.54, 1.807) is 0 Å². The molecule has 0 aliphatic rings. The highest BCUT2D eigenvalue weighted by Crippen LogP contribution is 2.11. The molecule has 0 N–H and O–H groups in total. The summed E-state index contributed by atoms with van der Waals surface area (Å²) in [4.78, 5) is 10.8. The molecule has 0 aromatic carbocycles. The van der Waals surface area contributed by atoms with Gasteiger partial charge in [0.05, 0.1) is 0 Å². The third-order valence-electron chi connectivity index (χ3n) is 1.98. The highest BCUT2D eigenvalue weighted by Gasteiger charge is 2.00. The number of carbonyl (C=O) groups excluding carboxylic acids is 1. The van der Waals surface area contributed by atoms with E-state index < -0.39 is 0 Å². The largest absolute Gasteiger partial charge is 0.432 e. The Morgan fingerprint density at radius 1 is 1.21 bits per heavy atom. The van der Waals surface area contributed by atoms with E-state index in [1.165, 1.54) is 13.3 Å². The number of carbonyl (C=O) groups is 1. The summed E-state index contributed by atoms with van der Waals surface area (Å²) in [5.74, 6) is 0.650. The molecule has 0 atom stereocenters. The van der Waals surface area contributed by atoms with E-state index in [2.05, 4.69) is 19.9 Å². The molecule has 0 aromatic rings. The molecule has 0 fully saturated rings. The molecule has 2 nitrogen and oxygen atoms in total. The number of ether oxygens (including phenoxy) is 1.